The molecule has 0 atom stereocenters. The lowest BCUT2D eigenvalue weighted by atomic mass is 10.0. The fraction of sp³-hybridized carbons (Fsp3) is 0.312. The largest absolute Gasteiger partial charge is 0.329 e. The Bertz CT molecular complexity index is 1500. The first kappa shape index (κ1) is 26.3. The molecule has 1 saturated heterocycles. The Morgan fingerprint density at radius 3 is 2.49 bits per heavy atom. The Labute approximate surface area is 229 Å². The fourth-order valence-electron chi connectivity index (χ4n) is 5.53. The van der Waals surface area contributed by atoms with Crippen LogP contribution in [0.4, 0.5) is 0 Å². The first-order chi connectivity index (χ1) is 19.0. The number of fused-ring (bicyclic) bond motifs is 1. The summed E-state index contributed by atoms with van der Waals surface area (Å²) in [6.45, 7) is 5.89. The highest BCUT2D eigenvalue weighted by Crippen LogP contribution is 2.24. The molecule has 1 fully saturated rings. The number of hydrogen-bond acceptors (Lipinski definition) is 4. The zero-order valence-electron chi connectivity index (χ0n) is 22.4. The van der Waals surface area contributed by atoms with Crippen LogP contribution in [0.2, 0.25) is 0 Å². The molecule has 1 aliphatic rings. The summed E-state index contributed by atoms with van der Waals surface area (Å²) in [5.74, 6) is 0.218. The minimum atomic E-state index is 0.0352. The van der Waals surface area contributed by atoms with Gasteiger partial charge < -0.3 is 9.47 Å². The van der Waals surface area contributed by atoms with Crippen molar-refractivity contribution in [1.29, 1.82) is 5.26 Å². The highest BCUT2D eigenvalue weighted by atomic mass is 16.2. The Hall–Kier alpha value is -4.28. The van der Waals surface area contributed by atoms with Gasteiger partial charge in [-0.2, -0.15) is 5.26 Å². The number of benzene rings is 3. The van der Waals surface area contributed by atoms with Gasteiger partial charge >= 0.3 is 5.91 Å². The maximum absolute atomic E-state index is 13.9. The average molecular weight is 521 g/mol. The fourth-order valence-corrected chi connectivity index (χ4v) is 5.53. The molecule has 7 heteroatoms. The van der Waals surface area contributed by atoms with Crippen LogP contribution in [0.1, 0.15) is 46.9 Å². The first-order valence-electron chi connectivity index (χ1n) is 13.7. The molecule has 0 saturated carbocycles. The van der Waals surface area contributed by atoms with E-state index < -0.39 is 0 Å². The van der Waals surface area contributed by atoms with Gasteiger partial charge in [0.05, 0.1) is 43.3 Å². The van der Waals surface area contributed by atoms with Crippen LogP contribution in [0.25, 0.3) is 10.8 Å². The minimum Gasteiger partial charge on any atom is -0.329 e. The molecule has 2 heterocycles. The predicted molar refractivity (Wildman–Crippen MR) is 151 cm³/mol. The standard InChI is InChI=1S/C32H34N5O2/c1-2-3-17-37(31(38)20-28-22-34-24-36(28)23-26-13-11-25(21-33)12-14-26)18-15-35(16-19-37)32(39)30-10-6-8-27-7-4-5-9-29(27)30/h4-14,22,24H,2-3,15-20,23H2,1H3/q+1. The van der Waals surface area contributed by atoms with Gasteiger partial charge in [0.15, 0.2) is 0 Å². The lowest BCUT2D eigenvalue weighted by Crippen LogP contribution is -2.64. The smallest absolute Gasteiger partial charge is 0.319 e. The molecule has 7 nitrogen and oxygen atoms in total. The van der Waals surface area contributed by atoms with Crippen LogP contribution < -0.4 is 0 Å². The number of aromatic nitrogens is 2. The van der Waals surface area contributed by atoms with Gasteiger partial charge in [0.25, 0.3) is 5.91 Å². The zero-order valence-corrected chi connectivity index (χ0v) is 22.4. The number of amides is 2. The number of hydrogen-bond donors (Lipinski definition) is 0. The minimum absolute atomic E-state index is 0.0352. The first-order valence-corrected chi connectivity index (χ1v) is 13.7. The third-order valence-corrected chi connectivity index (χ3v) is 7.94. The van der Waals surface area contributed by atoms with E-state index in [0.29, 0.717) is 49.2 Å². The van der Waals surface area contributed by atoms with Crippen molar-refractivity contribution in [2.75, 3.05) is 32.7 Å². The van der Waals surface area contributed by atoms with Crippen LogP contribution in [0, 0.1) is 11.3 Å². The third-order valence-electron chi connectivity index (χ3n) is 7.94. The number of unbranched alkanes of at least 4 members (excludes halogenated alkanes) is 1. The molecule has 3 aromatic carbocycles. The van der Waals surface area contributed by atoms with Gasteiger partial charge in [0.1, 0.15) is 19.5 Å². The van der Waals surface area contributed by atoms with Gasteiger partial charge in [-0.1, -0.05) is 61.9 Å². The Morgan fingerprint density at radius 2 is 1.74 bits per heavy atom. The highest BCUT2D eigenvalue weighted by Gasteiger charge is 2.41. The van der Waals surface area contributed by atoms with E-state index >= 15 is 0 Å². The monoisotopic (exact) mass is 520 g/mol. The van der Waals surface area contributed by atoms with Crippen molar-refractivity contribution in [3.63, 3.8) is 0 Å². The van der Waals surface area contributed by atoms with Crippen molar-refractivity contribution in [3.8, 4) is 6.07 Å². The highest BCUT2D eigenvalue weighted by molar-refractivity contribution is 6.07. The van der Waals surface area contributed by atoms with E-state index in [1.165, 1.54) is 0 Å². The van der Waals surface area contributed by atoms with Gasteiger partial charge in [0, 0.05) is 18.3 Å². The Morgan fingerprint density at radius 1 is 1.00 bits per heavy atom. The van der Waals surface area contributed by atoms with E-state index in [1.807, 2.05) is 64.1 Å². The molecule has 0 aliphatic carbocycles. The Balaban J connectivity index is 1.30. The van der Waals surface area contributed by atoms with E-state index in [-0.39, 0.29) is 11.8 Å². The molecule has 4 aromatic rings. The summed E-state index contributed by atoms with van der Waals surface area (Å²) in [7, 11) is 0. The lowest BCUT2D eigenvalue weighted by Gasteiger charge is -2.43. The van der Waals surface area contributed by atoms with Crippen LogP contribution in [-0.4, -0.2) is 63.5 Å². The van der Waals surface area contributed by atoms with Crippen molar-refractivity contribution in [2.24, 2.45) is 0 Å². The van der Waals surface area contributed by atoms with E-state index in [1.54, 1.807) is 24.7 Å². The number of piperazine rings is 1. The van der Waals surface area contributed by atoms with Gasteiger partial charge in [-0.15, -0.1) is 0 Å². The SMILES string of the molecule is CCCC[N+]1(C(=O)Cc2cncn2Cc2ccc(C#N)cc2)CCN(C(=O)c2cccc3ccccc23)CC1. The van der Waals surface area contributed by atoms with Gasteiger partial charge in [-0.25, -0.2) is 9.78 Å². The summed E-state index contributed by atoms with van der Waals surface area (Å²) in [5.41, 5.74) is 3.28. The average Bonchev–Trinajstić information content (AvgIpc) is 3.42. The van der Waals surface area contributed by atoms with Crippen LogP contribution in [-0.2, 0) is 17.8 Å². The molecule has 0 bridgehead atoms. The summed E-state index contributed by atoms with van der Waals surface area (Å²) in [5, 5.41) is 11.1. The van der Waals surface area contributed by atoms with Crippen molar-refractivity contribution >= 4 is 22.6 Å². The van der Waals surface area contributed by atoms with E-state index in [4.69, 9.17) is 5.26 Å². The normalized spacial score (nSPS) is 14.7. The van der Waals surface area contributed by atoms with Crippen molar-refractivity contribution in [3.05, 3.63) is 102 Å². The molecule has 39 heavy (non-hydrogen) atoms. The van der Waals surface area contributed by atoms with E-state index in [0.717, 1.165) is 47.0 Å². The number of nitriles is 1. The summed E-state index contributed by atoms with van der Waals surface area (Å²) in [4.78, 5) is 33.7. The lowest BCUT2D eigenvalue weighted by molar-refractivity contribution is -0.859. The second-order valence-electron chi connectivity index (χ2n) is 10.4. The number of quaternary nitrogens is 1. The molecule has 0 radical (unpaired) electrons. The molecule has 2 amide bonds. The summed E-state index contributed by atoms with van der Waals surface area (Å²) < 4.78 is 2.41. The molecule has 5 rings (SSSR count). The van der Waals surface area contributed by atoms with Gasteiger partial charge in [-0.05, 0) is 41.0 Å². The maximum atomic E-state index is 13.9. The predicted octanol–water partition coefficient (Wildman–Crippen LogP) is 4.80. The number of imidazole rings is 1. The Kier molecular flexibility index (Phi) is 7.85. The molecular weight excluding hydrogens is 486 g/mol. The number of nitrogens with zero attached hydrogens (tertiary/aromatic N) is 5. The molecule has 0 unspecified atom stereocenters. The van der Waals surface area contributed by atoms with Gasteiger partial charge in [0.2, 0.25) is 0 Å². The molecule has 1 aliphatic heterocycles. The summed E-state index contributed by atoms with van der Waals surface area (Å²) in [6, 6.07) is 23.5. The third kappa shape index (κ3) is 5.62. The molecular formula is C32H34N5O2+. The molecule has 1 aromatic heterocycles. The number of carbonyl (C=O) groups is 2. The molecule has 0 spiro atoms. The number of carbonyl (C=O) groups excluding carboxylic acids is 2. The molecule has 0 N–H and O–H groups in total. The van der Waals surface area contributed by atoms with Crippen molar-refractivity contribution in [1.82, 2.24) is 14.5 Å². The van der Waals surface area contributed by atoms with Crippen LogP contribution in [0.5, 0.6) is 0 Å². The van der Waals surface area contributed by atoms with Crippen LogP contribution in [0.15, 0.2) is 79.3 Å². The summed E-state index contributed by atoms with van der Waals surface area (Å²) in [6.07, 6.45) is 5.82. The van der Waals surface area contributed by atoms with Crippen molar-refractivity contribution < 1.29 is 14.1 Å². The van der Waals surface area contributed by atoms with E-state index in [9.17, 15) is 9.59 Å². The zero-order chi connectivity index (χ0) is 27.2. The maximum Gasteiger partial charge on any atom is 0.319 e. The quantitative estimate of drug-likeness (QED) is 0.313. The second kappa shape index (κ2) is 11.6. The van der Waals surface area contributed by atoms with Gasteiger partial charge in [-0.3, -0.25) is 9.28 Å². The van der Waals surface area contributed by atoms with Crippen LogP contribution in [0.3, 0.4) is 0 Å². The van der Waals surface area contributed by atoms with E-state index in [2.05, 4.69) is 18.0 Å². The van der Waals surface area contributed by atoms with Crippen LogP contribution >= 0.6 is 0 Å². The molecule has 198 valence electrons. The second-order valence-corrected chi connectivity index (χ2v) is 10.4. The summed E-state index contributed by atoms with van der Waals surface area (Å²) >= 11 is 0. The number of rotatable bonds is 8. The topological polar surface area (TPSA) is 79.0 Å². The van der Waals surface area contributed by atoms with Crippen molar-refractivity contribution in [2.45, 2.75) is 32.7 Å².